The molecule has 3 heterocycles. The Balaban J connectivity index is 1.48. The van der Waals surface area contributed by atoms with Crippen molar-refractivity contribution in [3.8, 4) is 11.4 Å². The number of hydrogen-bond acceptors (Lipinski definition) is 6. The molecule has 5 N–H and O–H groups in total. The van der Waals surface area contributed by atoms with Crippen molar-refractivity contribution in [2.45, 2.75) is 38.1 Å². The molecule has 9 nitrogen and oxygen atoms in total. The van der Waals surface area contributed by atoms with Gasteiger partial charge in [-0.3, -0.25) is 14.7 Å². The maximum Gasteiger partial charge on any atom is 0.255 e. The Bertz CT molecular complexity index is 1220. The molecule has 0 radical (unpaired) electrons. The predicted molar refractivity (Wildman–Crippen MR) is 136 cm³/mol. The standard InChI is InChI=1S/C26H31F2N7O2/c27-18-5-1-4-17(14-18)8-11-30-25-20(15-21(28)24(33-25)22-9-12-32-34-22)26(37)31-16-19-6-3-13-35(19)23(36)7-2-10-29/h1,4-5,9,12,14-15,19H,2-3,6-8,10-11,13,16,29H2,(H,30,33)(H,31,37)(H,32,34). The number of amides is 2. The van der Waals surface area contributed by atoms with E-state index >= 15 is 0 Å². The number of anilines is 1. The molecule has 2 amide bonds. The van der Waals surface area contributed by atoms with Crippen molar-refractivity contribution in [3.05, 3.63) is 65.4 Å². The number of nitrogens with zero attached hydrogens (tertiary/aromatic N) is 3. The third-order valence-electron chi connectivity index (χ3n) is 6.36. The average molecular weight is 512 g/mol. The van der Waals surface area contributed by atoms with Crippen LogP contribution in [0.25, 0.3) is 11.4 Å². The molecular weight excluding hydrogens is 480 g/mol. The Morgan fingerprint density at radius 2 is 2.08 bits per heavy atom. The molecule has 0 aliphatic carbocycles. The number of nitrogens with two attached hydrogens (primary N) is 1. The highest BCUT2D eigenvalue weighted by atomic mass is 19.1. The fourth-order valence-corrected chi connectivity index (χ4v) is 4.47. The summed E-state index contributed by atoms with van der Waals surface area (Å²) in [6, 6.07) is 8.83. The number of aromatic amines is 1. The van der Waals surface area contributed by atoms with Crippen LogP contribution in [0.3, 0.4) is 0 Å². The molecule has 0 saturated carbocycles. The first kappa shape index (κ1) is 26.2. The Hall–Kier alpha value is -3.86. The third-order valence-corrected chi connectivity index (χ3v) is 6.36. The van der Waals surface area contributed by atoms with E-state index in [0.29, 0.717) is 44.6 Å². The summed E-state index contributed by atoms with van der Waals surface area (Å²) in [6.07, 6.45) is 4.59. The van der Waals surface area contributed by atoms with Crippen LogP contribution in [0.2, 0.25) is 0 Å². The van der Waals surface area contributed by atoms with E-state index in [4.69, 9.17) is 5.73 Å². The second kappa shape index (κ2) is 12.4. The molecule has 0 spiro atoms. The van der Waals surface area contributed by atoms with Crippen molar-refractivity contribution in [1.82, 2.24) is 25.4 Å². The minimum atomic E-state index is -0.676. The minimum absolute atomic E-state index is 0.0229. The monoisotopic (exact) mass is 511 g/mol. The van der Waals surface area contributed by atoms with Crippen LogP contribution in [-0.4, -0.2) is 64.1 Å². The summed E-state index contributed by atoms with van der Waals surface area (Å²) < 4.78 is 28.5. The van der Waals surface area contributed by atoms with E-state index in [-0.39, 0.29) is 41.4 Å². The number of rotatable bonds is 11. The van der Waals surface area contributed by atoms with Gasteiger partial charge < -0.3 is 21.3 Å². The van der Waals surface area contributed by atoms with E-state index in [9.17, 15) is 18.4 Å². The van der Waals surface area contributed by atoms with Crippen LogP contribution in [0, 0.1) is 11.6 Å². The maximum atomic E-state index is 15.0. The zero-order valence-electron chi connectivity index (χ0n) is 20.5. The highest BCUT2D eigenvalue weighted by Gasteiger charge is 2.29. The Kier molecular flexibility index (Phi) is 8.78. The molecule has 11 heteroatoms. The Morgan fingerprint density at radius 1 is 1.22 bits per heavy atom. The molecule has 3 aromatic rings. The summed E-state index contributed by atoms with van der Waals surface area (Å²) in [7, 11) is 0. The number of benzene rings is 1. The highest BCUT2D eigenvalue weighted by Crippen LogP contribution is 2.25. The lowest BCUT2D eigenvalue weighted by Gasteiger charge is -2.25. The molecule has 1 atom stereocenters. The van der Waals surface area contributed by atoms with E-state index < -0.39 is 11.7 Å². The molecule has 37 heavy (non-hydrogen) atoms. The van der Waals surface area contributed by atoms with Gasteiger partial charge >= 0.3 is 0 Å². The molecule has 1 aliphatic heterocycles. The predicted octanol–water partition coefficient (Wildman–Crippen LogP) is 2.86. The maximum absolute atomic E-state index is 15.0. The Morgan fingerprint density at radius 3 is 2.84 bits per heavy atom. The van der Waals surface area contributed by atoms with E-state index in [1.165, 1.54) is 18.3 Å². The summed E-state index contributed by atoms with van der Waals surface area (Å²) in [5.74, 6) is -1.29. The van der Waals surface area contributed by atoms with Gasteiger partial charge in [-0.05, 0) is 62.1 Å². The van der Waals surface area contributed by atoms with E-state index in [1.54, 1.807) is 23.1 Å². The number of pyridine rings is 1. The topological polar surface area (TPSA) is 129 Å². The van der Waals surface area contributed by atoms with Crippen LogP contribution >= 0.6 is 0 Å². The second-order valence-electron chi connectivity index (χ2n) is 8.98. The summed E-state index contributed by atoms with van der Waals surface area (Å²) in [4.78, 5) is 31.8. The van der Waals surface area contributed by atoms with Gasteiger partial charge in [-0.25, -0.2) is 13.8 Å². The lowest BCUT2D eigenvalue weighted by molar-refractivity contribution is -0.132. The summed E-state index contributed by atoms with van der Waals surface area (Å²) in [5, 5.41) is 12.5. The lowest BCUT2D eigenvalue weighted by Crippen LogP contribution is -2.43. The zero-order chi connectivity index (χ0) is 26.2. The van der Waals surface area contributed by atoms with Crippen LogP contribution in [0.1, 0.15) is 41.6 Å². The molecule has 4 rings (SSSR count). The van der Waals surface area contributed by atoms with Crippen molar-refractivity contribution in [2.24, 2.45) is 5.73 Å². The van der Waals surface area contributed by atoms with E-state index in [1.807, 2.05) is 0 Å². The zero-order valence-corrected chi connectivity index (χ0v) is 20.5. The number of aromatic nitrogens is 3. The number of halogens is 2. The third kappa shape index (κ3) is 6.67. The van der Waals surface area contributed by atoms with Crippen LogP contribution in [0.5, 0.6) is 0 Å². The van der Waals surface area contributed by atoms with Crippen LogP contribution in [0.15, 0.2) is 42.6 Å². The molecule has 1 aliphatic rings. The van der Waals surface area contributed by atoms with Crippen molar-refractivity contribution in [1.29, 1.82) is 0 Å². The molecule has 2 aromatic heterocycles. The van der Waals surface area contributed by atoms with Crippen LogP contribution in [-0.2, 0) is 11.2 Å². The molecule has 1 unspecified atom stereocenters. The number of nitrogens with one attached hydrogen (secondary N) is 3. The number of carbonyl (C=O) groups excluding carboxylic acids is 2. The van der Waals surface area contributed by atoms with Gasteiger partial charge in [-0.15, -0.1) is 0 Å². The molecule has 196 valence electrons. The average Bonchev–Trinajstić information content (AvgIpc) is 3.59. The van der Waals surface area contributed by atoms with Gasteiger partial charge in [0.05, 0.1) is 11.3 Å². The SMILES string of the molecule is NCCCC(=O)N1CCCC1CNC(=O)c1cc(F)c(-c2ccn[nH]2)nc1NCCc1cccc(F)c1. The van der Waals surface area contributed by atoms with Crippen molar-refractivity contribution in [3.63, 3.8) is 0 Å². The van der Waals surface area contributed by atoms with E-state index in [2.05, 4.69) is 25.8 Å². The Labute approximate surface area is 213 Å². The minimum Gasteiger partial charge on any atom is -0.369 e. The van der Waals surface area contributed by atoms with Gasteiger partial charge in [-0.1, -0.05) is 12.1 Å². The molecule has 0 bridgehead atoms. The summed E-state index contributed by atoms with van der Waals surface area (Å²) in [6.45, 7) is 1.69. The molecule has 1 aromatic carbocycles. The van der Waals surface area contributed by atoms with Gasteiger partial charge in [-0.2, -0.15) is 5.10 Å². The second-order valence-corrected chi connectivity index (χ2v) is 8.98. The molecular formula is C26H31F2N7O2. The van der Waals surface area contributed by atoms with Crippen molar-refractivity contribution in [2.75, 3.05) is 31.5 Å². The molecule has 1 saturated heterocycles. The van der Waals surface area contributed by atoms with Crippen molar-refractivity contribution >= 4 is 17.6 Å². The number of H-pyrrole nitrogens is 1. The fraction of sp³-hybridized carbons (Fsp3) is 0.385. The van der Waals surface area contributed by atoms with Gasteiger partial charge in [0.2, 0.25) is 5.91 Å². The first-order chi connectivity index (χ1) is 18.0. The van der Waals surface area contributed by atoms with Gasteiger partial charge in [0, 0.05) is 38.3 Å². The lowest BCUT2D eigenvalue weighted by atomic mass is 10.1. The quantitative estimate of drug-likeness (QED) is 0.313. The van der Waals surface area contributed by atoms with E-state index in [0.717, 1.165) is 24.5 Å². The number of carbonyl (C=O) groups is 2. The van der Waals surface area contributed by atoms with Gasteiger partial charge in [0.1, 0.15) is 17.3 Å². The fourth-order valence-electron chi connectivity index (χ4n) is 4.47. The summed E-state index contributed by atoms with van der Waals surface area (Å²) >= 11 is 0. The summed E-state index contributed by atoms with van der Waals surface area (Å²) in [5.41, 5.74) is 6.73. The number of likely N-dealkylation sites (tertiary alicyclic amines) is 1. The first-order valence-electron chi connectivity index (χ1n) is 12.4. The highest BCUT2D eigenvalue weighted by molar-refractivity contribution is 5.99. The first-order valence-corrected chi connectivity index (χ1v) is 12.4. The van der Waals surface area contributed by atoms with Crippen molar-refractivity contribution < 1.29 is 18.4 Å². The largest absolute Gasteiger partial charge is 0.369 e. The number of hydrogen-bond donors (Lipinski definition) is 4. The van der Waals surface area contributed by atoms with Gasteiger partial charge in [0.15, 0.2) is 5.82 Å². The van der Waals surface area contributed by atoms with Crippen LogP contribution < -0.4 is 16.4 Å². The molecule has 1 fully saturated rings. The van der Waals surface area contributed by atoms with Gasteiger partial charge in [0.25, 0.3) is 5.91 Å². The normalized spacial score (nSPS) is 15.1. The smallest absolute Gasteiger partial charge is 0.255 e. The van der Waals surface area contributed by atoms with Crippen LogP contribution in [0.4, 0.5) is 14.6 Å².